The molecule has 1 radical (unpaired) electrons. The normalized spacial score (nSPS) is 24.7. The van der Waals surface area contributed by atoms with Crippen LogP contribution in [0.3, 0.4) is 0 Å². The van der Waals surface area contributed by atoms with Crippen molar-refractivity contribution in [2.45, 2.75) is 6.10 Å². The Labute approximate surface area is 105 Å². The summed E-state index contributed by atoms with van der Waals surface area (Å²) in [6.07, 6.45) is -0.881. The lowest BCUT2D eigenvalue weighted by molar-refractivity contribution is -0.140. The van der Waals surface area contributed by atoms with Gasteiger partial charge in [0.1, 0.15) is 0 Å². The largest absolute Gasteiger partial charge is 0.504 e. The van der Waals surface area contributed by atoms with Gasteiger partial charge in [-0.3, -0.25) is 4.79 Å². The number of methoxy groups -OCH3 is 1. The number of ether oxygens (including phenoxy) is 2. The van der Waals surface area contributed by atoms with Gasteiger partial charge in [-0.25, -0.2) is 0 Å². The molecule has 1 aromatic rings. The average Bonchev–Trinajstić information content (AvgIpc) is 2.70. The van der Waals surface area contributed by atoms with Crippen molar-refractivity contribution in [2.75, 3.05) is 13.7 Å². The summed E-state index contributed by atoms with van der Waals surface area (Å²) in [7, 11) is 1.43. The molecule has 0 aliphatic carbocycles. The van der Waals surface area contributed by atoms with Gasteiger partial charge in [-0.2, -0.15) is 0 Å². The molecule has 97 valence electrons. The lowest BCUT2D eigenvalue weighted by Gasteiger charge is -2.19. The number of hydrogen-bond donors (Lipinski definition) is 2. The Morgan fingerprint density at radius 1 is 1.56 bits per heavy atom. The fourth-order valence-corrected chi connectivity index (χ4v) is 2.01. The number of rotatable bonds is 3. The minimum Gasteiger partial charge on any atom is -0.504 e. The molecule has 3 unspecified atom stereocenters. The Hall–Kier alpha value is -1.75. The van der Waals surface area contributed by atoms with E-state index in [0.29, 0.717) is 5.56 Å². The van der Waals surface area contributed by atoms with Gasteiger partial charge in [0.15, 0.2) is 11.5 Å². The molecule has 18 heavy (non-hydrogen) atoms. The summed E-state index contributed by atoms with van der Waals surface area (Å²) in [5.74, 6) is -1.09. The third kappa shape index (κ3) is 2.13. The number of phenols is 1. The van der Waals surface area contributed by atoms with Crippen molar-refractivity contribution >= 4 is 5.97 Å². The van der Waals surface area contributed by atoms with Crippen molar-refractivity contribution in [3.8, 4) is 11.5 Å². The molecule has 0 bridgehead atoms. The van der Waals surface area contributed by atoms with Crippen molar-refractivity contribution < 1.29 is 24.5 Å². The van der Waals surface area contributed by atoms with E-state index in [1.54, 1.807) is 6.07 Å². The van der Waals surface area contributed by atoms with Gasteiger partial charge in [0.2, 0.25) is 0 Å². The Kier molecular flexibility index (Phi) is 3.43. The molecule has 1 fully saturated rings. The predicted molar refractivity (Wildman–Crippen MR) is 62.9 cm³/mol. The van der Waals surface area contributed by atoms with Crippen molar-refractivity contribution in [1.82, 2.24) is 0 Å². The molecular formula is C13H15O5. The monoisotopic (exact) mass is 251 g/mol. The third-order valence-electron chi connectivity index (χ3n) is 3.19. The van der Waals surface area contributed by atoms with Crippen LogP contribution in [-0.4, -0.2) is 29.9 Å². The minimum atomic E-state index is -0.881. The molecular weight excluding hydrogens is 236 g/mol. The highest BCUT2D eigenvalue weighted by atomic mass is 16.5. The predicted octanol–water partition coefficient (Wildman–Crippen LogP) is 1.06. The summed E-state index contributed by atoms with van der Waals surface area (Å²) in [6.45, 7) is 3.84. The molecule has 3 atom stereocenters. The lowest BCUT2D eigenvalue weighted by Crippen LogP contribution is -2.20. The van der Waals surface area contributed by atoms with Crippen LogP contribution in [0.5, 0.6) is 11.5 Å². The van der Waals surface area contributed by atoms with Crippen molar-refractivity contribution in [2.24, 2.45) is 11.8 Å². The van der Waals surface area contributed by atoms with Crippen molar-refractivity contribution in [3.63, 3.8) is 0 Å². The molecule has 0 aromatic heterocycles. The smallest absolute Gasteiger partial charge is 0.309 e. The van der Waals surface area contributed by atoms with Crippen molar-refractivity contribution in [1.29, 1.82) is 0 Å². The van der Waals surface area contributed by atoms with Crippen LogP contribution in [0.15, 0.2) is 18.2 Å². The van der Waals surface area contributed by atoms with Crippen LogP contribution in [0.1, 0.15) is 11.7 Å². The van der Waals surface area contributed by atoms with E-state index >= 15 is 0 Å². The number of aliphatic hydroxyl groups is 1. The molecule has 5 heteroatoms. The van der Waals surface area contributed by atoms with Gasteiger partial charge in [-0.15, -0.1) is 0 Å². The summed E-state index contributed by atoms with van der Waals surface area (Å²) < 4.78 is 9.83. The molecule has 0 spiro atoms. The van der Waals surface area contributed by atoms with Crippen molar-refractivity contribution in [3.05, 3.63) is 30.7 Å². The molecule has 1 aliphatic heterocycles. The average molecular weight is 251 g/mol. The van der Waals surface area contributed by atoms with E-state index in [2.05, 4.69) is 6.92 Å². The first-order valence-corrected chi connectivity index (χ1v) is 5.59. The molecule has 0 saturated carbocycles. The van der Waals surface area contributed by atoms with Crippen LogP contribution >= 0.6 is 0 Å². The maximum Gasteiger partial charge on any atom is 0.309 e. The molecule has 5 nitrogen and oxygen atoms in total. The van der Waals surface area contributed by atoms with Gasteiger partial charge in [0.25, 0.3) is 0 Å². The zero-order valence-corrected chi connectivity index (χ0v) is 10.00. The number of carbonyl (C=O) groups excluding carboxylic acids is 1. The lowest BCUT2D eigenvalue weighted by atomic mass is 9.88. The highest BCUT2D eigenvalue weighted by Crippen LogP contribution is 2.36. The van der Waals surface area contributed by atoms with E-state index in [-0.39, 0.29) is 24.0 Å². The zero-order chi connectivity index (χ0) is 13.3. The van der Waals surface area contributed by atoms with E-state index in [9.17, 15) is 15.0 Å². The van der Waals surface area contributed by atoms with Gasteiger partial charge >= 0.3 is 5.97 Å². The van der Waals surface area contributed by atoms with Gasteiger partial charge in [-0.1, -0.05) is 6.07 Å². The fraction of sp³-hybridized carbons (Fsp3) is 0.385. The van der Waals surface area contributed by atoms with Gasteiger partial charge in [-0.05, 0) is 24.6 Å². The standard InChI is InChI=1S/C13H15O5/c1-7-9(6-18-13(7)16)12(15)8-3-4-10(14)11(5-8)17-2/h3-5,7,9,12,14-15H,1,6H2,2H3. The Morgan fingerprint density at radius 3 is 2.83 bits per heavy atom. The summed E-state index contributed by atoms with van der Waals surface area (Å²) in [4.78, 5) is 11.2. The summed E-state index contributed by atoms with van der Waals surface area (Å²) in [6, 6.07) is 4.56. The maximum atomic E-state index is 11.2. The Bertz CT molecular complexity index is 457. The van der Waals surface area contributed by atoms with Crippen LogP contribution in [0, 0.1) is 18.8 Å². The number of aromatic hydroxyl groups is 1. The molecule has 0 amide bonds. The fourth-order valence-electron chi connectivity index (χ4n) is 2.01. The number of phenolic OH excluding ortho intramolecular Hbond substituents is 1. The molecule has 1 aromatic carbocycles. The number of cyclic esters (lactones) is 1. The minimum absolute atomic E-state index is 0.00151. The van der Waals surface area contributed by atoms with E-state index < -0.39 is 18.0 Å². The second kappa shape index (κ2) is 4.86. The third-order valence-corrected chi connectivity index (χ3v) is 3.19. The molecule has 2 rings (SSSR count). The van der Waals surface area contributed by atoms with Crippen LogP contribution in [0.4, 0.5) is 0 Å². The second-order valence-corrected chi connectivity index (χ2v) is 4.28. The first kappa shape index (κ1) is 12.7. The topological polar surface area (TPSA) is 76.0 Å². The number of benzene rings is 1. The number of hydrogen-bond acceptors (Lipinski definition) is 5. The van der Waals surface area contributed by atoms with Gasteiger partial charge in [0, 0.05) is 5.92 Å². The summed E-state index contributed by atoms with van der Waals surface area (Å²) in [5, 5.41) is 19.7. The first-order valence-electron chi connectivity index (χ1n) is 5.59. The SMILES string of the molecule is [CH2]C1C(=O)OCC1C(O)c1ccc(O)c(OC)c1. The van der Waals surface area contributed by atoms with E-state index in [0.717, 1.165) is 0 Å². The van der Waals surface area contributed by atoms with E-state index in [1.807, 2.05) is 0 Å². The van der Waals surface area contributed by atoms with Crippen LogP contribution in [-0.2, 0) is 9.53 Å². The molecule has 1 aliphatic rings. The molecule has 1 saturated heterocycles. The van der Waals surface area contributed by atoms with Crippen LogP contribution in [0.25, 0.3) is 0 Å². The Balaban J connectivity index is 2.23. The first-order chi connectivity index (χ1) is 8.54. The summed E-state index contributed by atoms with van der Waals surface area (Å²) in [5.41, 5.74) is 0.557. The number of esters is 1. The van der Waals surface area contributed by atoms with Gasteiger partial charge in [0.05, 0.1) is 25.7 Å². The van der Waals surface area contributed by atoms with E-state index in [1.165, 1.54) is 19.2 Å². The maximum absolute atomic E-state index is 11.2. The van der Waals surface area contributed by atoms with Crippen LogP contribution in [0.2, 0.25) is 0 Å². The highest BCUT2D eigenvalue weighted by molar-refractivity contribution is 5.75. The zero-order valence-electron chi connectivity index (χ0n) is 10.00. The number of carbonyl (C=O) groups is 1. The number of aliphatic hydroxyl groups excluding tert-OH is 1. The quantitative estimate of drug-likeness (QED) is 0.785. The summed E-state index contributed by atoms with van der Waals surface area (Å²) >= 11 is 0. The van der Waals surface area contributed by atoms with Gasteiger partial charge < -0.3 is 19.7 Å². The van der Waals surface area contributed by atoms with E-state index in [4.69, 9.17) is 9.47 Å². The van der Waals surface area contributed by atoms with Crippen LogP contribution < -0.4 is 4.74 Å². The second-order valence-electron chi connectivity index (χ2n) is 4.28. The molecule has 2 N–H and O–H groups in total. The molecule has 1 heterocycles. The highest BCUT2D eigenvalue weighted by Gasteiger charge is 2.38. The Morgan fingerprint density at radius 2 is 2.28 bits per heavy atom.